The second-order valence-electron chi connectivity index (χ2n) is 7.55. The van der Waals surface area contributed by atoms with E-state index in [0.717, 1.165) is 44.8 Å². The van der Waals surface area contributed by atoms with Gasteiger partial charge in [-0.05, 0) is 60.4 Å². The van der Waals surface area contributed by atoms with E-state index in [1.54, 1.807) is 11.3 Å². The fourth-order valence-electron chi connectivity index (χ4n) is 4.05. The molecule has 1 atom stereocenters. The summed E-state index contributed by atoms with van der Waals surface area (Å²) in [4.78, 5) is 19.4. The molecule has 1 amide bonds. The number of thiophene rings is 1. The fourth-order valence-corrected chi connectivity index (χ4v) is 4.75. The van der Waals surface area contributed by atoms with E-state index in [2.05, 4.69) is 37.5 Å². The number of nitrogens with zero attached hydrogens (tertiary/aromatic N) is 3. The number of hydrogen-bond donors (Lipinski definition) is 0. The molecule has 1 aliphatic carbocycles. The van der Waals surface area contributed by atoms with Crippen LogP contribution in [0.25, 0.3) is 0 Å². The van der Waals surface area contributed by atoms with Gasteiger partial charge in [-0.1, -0.05) is 6.42 Å². The van der Waals surface area contributed by atoms with Crippen molar-refractivity contribution in [2.24, 2.45) is 5.92 Å². The first-order valence-corrected chi connectivity index (χ1v) is 10.5. The van der Waals surface area contributed by atoms with Crippen LogP contribution in [0.3, 0.4) is 0 Å². The molecule has 1 aliphatic heterocycles. The van der Waals surface area contributed by atoms with Crippen LogP contribution in [0.15, 0.2) is 29.2 Å². The third kappa shape index (κ3) is 3.97. The van der Waals surface area contributed by atoms with Crippen molar-refractivity contribution in [3.8, 4) is 0 Å². The average molecular weight is 358 g/mol. The Kier molecular flexibility index (Phi) is 5.20. The molecule has 3 heterocycles. The van der Waals surface area contributed by atoms with Gasteiger partial charge in [-0.25, -0.2) is 4.98 Å². The van der Waals surface area contributed by atoms with Gasteiger partial charge in [0.25, 0.3) is 0 Å². The highest BCUT2D eigenvalue weighted by Gasteiger charge is 2.28. The Hall–Kier alpha value is -1.62. The van der Waals surface area contributed by atoms with Crippen molar-refractivity contribution in [1.29, 1.82) is 0 Å². The van der Waals surface area contributed by atoms with E-state index >= 15 is 0 Å². The maximum Gasteiger partial charge on any atom is 0.222 e. The Bertz CT molecular complexity index is 690. The van der Waals surface area contributed by atoms with Crippen LogP contribution in [-0.2, 0) is 17.8 Å². The SMILES string of the molecule is O=C(CCc1ccsc1)N1CCCC(c2nccn2CC2CCC2)C1. The second-order valence-corrected chi connectivity index (χ2v) is 8.33. The predicted molar refractivity (Wildman–Crippen MR) is 101 cm³/mol. The van der Waals surface area contributed by atoms with Gasteiger partial charge in [-0.3, -0.25) is 4.79 Å². The molecular formula is C20H27N3OS. The molecule has 5 heteroatoms. The molecule has 4 rings (SSSR count). The lowest BCUT2D eigenvalue weighted by Crippen LogP contribution is -2.40. The van der Waals surface area contributed by atoms with Gasteiger partial charge in [0.2, 0.25) is 5.91 Å². The summed E-state index contributed by atoms with van der Waals surface area (Å²) in [5.41, 5.74) is 1.28. The van der Waals surface area contributed by atoms with Gasteiger partial charge >= 0.3 is 0 Å². The highest BCUT2D eigenvalue weighted by atomic mass is 32.1. The van der Waals surface area contributed by atoms with Gasteiger partial charge < -0.3 is 9.47 Å². The number of imidazole rings is 1. The van der Waals surface area contributed by atoms with E-state index in [1.807, 2.05) is 6.20 Å². The summed E-state index contributed by atoms with van der Waals surface area (Å²) >= 11 is 1.70. The zero-order valence-corrected chi connectivity index (χ0v) is 15.6. The van der Waals surface area contributed by atoms with Crippen LogP contribution in [0, 0.1) is 5.92 Å². The van der Waals surface area contributed by atoms with Gasteiger partial charge in [0.1, 0.15) is 5.82 Å². The number of carbonyl (C=O) groups is 1. The Balaban J connectivity index is 1.35. The molecule has 4 nitrogen and oxygen atoms in total. The van der Waals surface area contributed by atoms with Crippen molar-refractivity contribution in [3.05, 3.63) is 40.6 Å². The van der Waals surface area contributed by atoms with Crippen molar-refractivity contribution >= 4 is 17.2 Å². The summed E-state index contributed by atoms with van der Waals surface area (Å²) in [5, 5.41) is 4.22. The van der Waals surface area contributed by atoms with Gasteiger partial charge in [-0.2, -0.15) is 11.3 Å². The molecule has 0 aromatic carbocycles. The summed E-state index contributed by atoms with van der Waals surface area (Å²) < 4.78 is 2.35. The summed E-state index contributed by atoms with van der Waals surface area (Å²) in [6.45, 7) is 2.85. The third-order valence-electron chi connectivity index (χ3n) is 5.77. The minimum atomic E-state index is 0.299. The standard InChI is InChI=1S/C20H27N3OS/c24-19(7-6-17-8-12-25-15-17)22-10-2-5-18(14-22)20-21-9-11-23(20)13-16-3-1-4-16/h8-9,11-12,15-16,18H,1-7,10,13-14H2. The Morgan fingerprint density at radius 2 is 2.20 bits per heavy atom. The lowest BCUT2D eigenvalue weighted by atomic mass is 9.85. The summed E-state index contributed by atoms with van der Waals surface area (Å²) in [6.07, 6.45) is 11.9. The summed E-state index contributed by atoms with van der Waals surface area (Å²) in [5.74, 6) is 2.73. The summed E-state index contributed by atoms with van der Waals surface area (Å²) in [6, 6.07) is 2.12. The molecule has 0 spiro atoms. The van der Waals surface area contributed by atoms with E-state index in [0.29, 0.717) is 18.2 Å². The van der Waals surface area contributed by atoms with E-state index in [-0.39, 0.29) is 0 Å². The lowest BCUT2D eigenvalue weighted by Gasteiger charge is -2.34. The average Bonchev–Trinajstić information content (AvgIpc) is 3.27. The Labute approximate surface area is 153 Å². The quantitative estimate of drug-likeness (QED) is 0.781. The highest BCUT2D eigenvalue weighted by molar-refractivity contribution is 7.07. The molecule has 0 radical (unpaired) electrons. The molecule has 1 saturated carbocycles. The first-order chi connectivity index (χ1) is 12.3. The monoisotopic (exact) mass is 357 g/mol. The van der Waals surface area contributed by atoms with Crippen LogP contribution >= 0.6 is 11.3 Å². The van der Waals surface area contributed by atoms with Crippen molar-refractivity contribution in [2.45, 2.75) is 57.4 Å². The number of amides is 1. The van der Waals surface area contributed by atoms with Crippen molar-refractivity contribution in [1.82, 2.24) is 14.5 Å². The van der Waals surface area contributed by atoms with Gasteiger partial charge in [0.05, 0.1) is 0 Å². The Morgan fingerprint density at radius 1 is 1.28 bits per heavy atom. The molecule has 134 valence electrons. The number of likely N-dealkylation sites (tertiary alicyclic amines) is 1. The van der Waals surface area contributed by atoms with Crippen molar-refractivity contribution < 1.29 is 4.79 Å². The van der Waals surface area contributed by atoms with Gasteiger partial charge in [0.15, 0.2) is 0 Å². The van der Waals surface area contributed by atoms with Gasteiger partial charge in [0, 0.05) is 44.4 Å². The molecule has 2 aromatic heterocycles. The normalized spacial score (nSPS) is 21.3. The van der Waals surface area contributed by atoms with Crippen LogP contribution < -0.4 is 0 Å². The van der Waals surface area contributed by atoms with Crippen LogP contribution in [0.4, 0.5) is 0 Å². The minimum absolute atomic E-state index is 0.299. The largest absolute Gasteiger partial charge is 0.342 e. The molecule has 0 bridgehead atoms. The molecule has 1 saturated heterocycles. The zero-order valence-electron chi connectivity index (χ0n) is 14.8. The fraction of sp³-hybridized carbons (Fsp3) is 0.600. The predicted octanol–water partition coefficient (Wildman–Crippen LogP) is 4.08. The topological polar surface area (TPSA) is 38.1 Å². The van der Waals surface area contributed by atoms with Crippen LogP contribution in [0.1, 0.15) is 55.8 Å². The van der Waals surface area contributed by atoms with Crippen LogP contribution in [0.5, 0.6) is 0 Å². The Morgan fingerprint density at radius 3 is 2.96 bits per heavy atom. The lowest BCUT2D eigenvalue weighted by molar-refractivity contribution is -0.132. The van der Waals surface area contributed by atoms with E-state index in [1.165, 1.54) is 30.7 Å². The first-order valence-electron chi connectivity index (χ1n) is 9.59. The summed E-state index contributed by atoms with van der Waals surface area (Å²) in [7, 11) is 0. The van der Waals surface area contributed by atoms with Crippen LogP contribution in [-0.4, -0.2) is 33.4 Å². The maximum atomic E-state index is 12.6. The van der Waals surface area contributed by atoms with Crippen molar-refractivity contribution in [3.63, 3.8) is 0 Å². The molecule has 1 unspecified atom stereocenters. The van der Waals surface area contributed by atoms with Crippen LogP contribution in [0.2, 0.25) is 0 Å². The highest BCUT2D eigenvalue weighted by Crippen LogP contribution is 2.31. The molecule has 2 aliphatic rings. The molecule has 2 aromatic rings. The zero-order chi connectivity index (χ0) is 17.1. The number of piperidine rings is 1. The smallest absolute Gasteiger partial charge is 0.222 e. The van der Waals surface area contributed by atoms with E-state index < -0.39 is 0 Å². The first kappa shape index (κ1) is 16.8. The molecule has 2 fully saturated rings. The number of aryl methyl sites for hydroxylation is 1. The van der Waals surface area contributed by atoms with E-state index in [9.17, 15) is 4.79 Å². The number of aromatic nitrogens is 2. The number of hydrogen-bond acceptors (Lipinski definition) is 3. The molecular weight excluding hydrogens is 330 g/mol. The molecule has 25 heavy (non-hydrogen) atoms. The molecule has 0 N–H and O–H groups in total. The minimum Gasteiger partial charge on any atom is -0.342 e. The maximum absolute atomic E-state index is 12.6. The number of rotatable bonds is 6. The number of carbonyl (C=O) groups excluding carboxylic acids is 1. The second kappa shape index (κ2) is 7.73. The van der Waals surface area contributed by atoms with E-state index in [4.69, 9.17) is 0 Å². The van der Waals surface area contributed by atoms with Gasteiger partial charge in [-0.15, -0.1) is 0 Å². The van der Waals surface area contributed by atoms with Crippen molar-refractivity contribution in [2.75, 3.05) is 13.1 Å². The third-order valence-corrected chi connectivity index (χ3v) is 6.51.